The van der Waals surface area contributed by atoms with E-state index in [4.69, 9.17) is 9.47 Å². The number of hydrogen-bond donors (Lipinski definition) is 1. The summed E-state index contributed by atoms with van der Waals surface area (Å²) in [6.07, 6.45) is 5.46. The molecule has 2 aliphatic rings. The van der Waals surface area contributed by atoms with E-state index in [1.807, 2.05) is 27.0 Å². The van der Waals surface area contributed by atoms with Gasteiger partial charge in [-0.3, -0.25) is 4.90 Å². The van der Waals surface area contributed by atoms with Crippen LogP contribution in [0.4, 0.5) is 4.79 Å². The molecule has 1 aromatic heterocycles. The first-order valence-electron chi connectivity index (χ1n) is 10.5. The van der Waals surface area contributed by atoms with E-state index < -0.39 is 5.60 Å². The van der Waals surface area contributed by atoms with E-state index >= 15 is 0 Å². The number of nitrogens with one attached hydrogen (secondary N) is 1. The number of nitrogens with zero attached hydrogens (tertiary/aromatic N) is 2. The third kappa shape index (κ3) is 5.79. The molecular formula is C23H35N3O3S2. The van der Waals surface area contributed by atoms with Crippen LogP contribution in [0.1, 0.15) is 63.9 Å². The Bertz CT molecular complexity index is 871. The standard InChI is InChI=1S/C23H31N3O3.2H2S/c1-16-7-9-17(10-8-16)18-14-24-20(25-18)19-13-23(11-5-6-12-28-23)15-26(19)21(27)29-22(2,3)4;;/h7-10,14,19H,5-6,11-13,15H2,1-4H3,(H,24,25);2*1H2/t19-,23+;;/m0../s1. The van der Waals surface area contributed by atoms with E-state index in [-0.39, 0.29) is 44.7 Å². The Balaban J connectivity index is 0.00000171. The Morgan fingerprint density at radius 1 is 1.23 bits per heavy atom. The summed E-state index contributed by atoms with van der Waals surface area (Å²) in [5.41, 5.74) is 2.42. The molecule has 1 spiro atoms. The fraction of sp³-hybridized carbons (Fsp3) is 0.565. The average Bonchev–Trinajstić information content (AvgIpc) is 3.27. The fourth-order valence-corrected chi connectivity index (χ4v) is 4.29. The van der Waals surface area contributed by atoms with Crippen LogP contribution in [0.3, 0.4) is 0 Å². The van der Waals surface area contributed by atoms with Gasteiger partial charge in [-0.15, -0.1) is 0 Å². The summed E-state index contributed by atoms with van der Waals surface area (Å²) in [4.78, 5) is 22.9. The molecule has 1 aromatic carbocycles. The molecule has 0 saturated carbocycles. The van der Waals surface area contributed by atoms with Crippen molar-refractivity contribution in [1.82, 2.24) is 14.9 Å². The SMILES string of the molecule is Cc1ccc(-c2cnc([C@@H]3C[C@]4(CCCCO4)CN3C(=O)OC(C)(C)C)[nH]2)cc1.S.S. The van der Waals surface area contributed by atoms with Gasteiger partial charge in [0.05, 0.1) is 30.1 Å². The predicted octanol–water partition coefficient (Wildman–Crippen LogP) is 5.23. The number of carbonyl (C=O) groups is 1. The van der Waals surface area contributed by atoms with Crippen molar-refractivity contribution in [3.8, 4) is 11.3 Å². The van der Waals surface area contributed by atoms with Crippen LogP contribution in [0, 0.1) is 6.92 Å². The molecule has 1 amide bonds. The number of likely N-dealkylation sites (tertiary alicyclic amines) is 1. The molecule has 3 heterocycles. The van der Waals surface area contributed by atoms with Crippen LogP contribution >= 0.6 is 27.0 Å². The third-order valence-electron chi connectivity index (χ3n) is 5.74. The van der Waals surface area contributed by atoms with Crippen molar-refractivity contribution in [3.63, 3.8) is 0 Å². The molecule has 8 heteroatoms. The van der Waals surface area contributed by atoms with Gasteiger partial charge in [-0.2, -0.15) is 27.0 Å². The molecule has 0 unspecified atom stereocenters. The lowest BCUT2D eigenvalue weighted by molar-refractivity contribution is -0.0706. The Morgan fingerprint density at radius 2 is 1.94 bits per heavy atom. The molecule has 0 bridgehead atoms. The number of benzene rings is 1. The molecule has 0 radical (unpaired) electrons. The zero-order valence-corrected chi connectivity index (χ0v) is 20.8. The van der Waals surface area contributed by atoms with Crippen LogP contribution in [0.15, 0.2) is 30.5 Å². The van der Waals surface area contributed by atoms with Crippen molar-refractivity contribution in [2.45, 2.75) is 70.6 Å². The summed E-state index contributed by atoms with van der Waals surface area (Å²) in [7, 11) is 0. The van der Waals surface area contributed by atoms with E-state index in [1.54, 1.807) is 4.90 Å². The lowest BCUT2D eigenvalue weighted by Crippen LogP contribution is -2.42. The monoisotopic (exact) mass is 465 g/mol. The van der Waals surface area contributed by atoms with Crippen LogP contribution in [-0.2, 0) is 9.47 Å². The molecule has 2 fully saturated rings. The number of imidazole rings is 1. The first kappa shape index (κ1) is 25.6. The smallest absolute Gasteiger partial charge is 0.411 e. The first-order valence-corrected chi connectivity index (χ1v) is 10.5. The number of carbonyl (C=O) groups excluding carboxylic acids is 1. The Kier molecular flexibility index (Phi) is 8.16. The van der Waals surface area contributed by atoms with E-state index in [2.05, 4.69) is 41.2 Å². The van der Waals surface area contributed by atoms with Gasteiger partial charge in [0, 0.05) is 13.0 Å². The van der Waals surface area contributed by atoms with Gasteiger partial charge in [-0.05, 0) is 52.5 Å². The first-order chi connectivity index (χ1) is 13.7. The second-order valence-electron chi connectivity index (χ2n) is 9.36. The number of ether oxygens (including phenoxy) is 2. The summed E-state index contributed by atoms with van der Waals surface area (Å²) in [5, 5.41) is 0. The van der Waals surface area contributed by atoms with E-state index in [0.29, 0.717) is 6.54 Å². The van der Waals surface area contributed by atoms with Gasteiger partial charge in [-0.25, -0.2) is 9.78 Å². The van der Waals surface area contributed by atoms with E-state index in [9.17, 15) is 4.79 Å². The Hall–Kier alpha value is -1.64. The maximum absolute atomic E-state index is 13.0. The summed E-state index contributed by atoms with van der Waals surface area (Å²) in [6.45, 7) is 9.06. The second kappa shape index (κ2) is 9.88. The number of aryl methyl sites for hydroxylation is 1. The molecule has 2 aromatic rings. The molecular weight excluding hydrogens is 430 g/mol. The maximum Gasteiger partial charge on any atom is 0.411 e. The maximum atomic E-state index is 13.0. The molecule has 4 rings (SSSR count). The molecule has 2 atom stereocenters. The summed E-state index contributed by atoms with van der Waals surface area (Å²) in [6, 6.07) is 8.16. The number of amides is 1. The highest BCUT2D eigenvalue weighted by molar-refractivity contribution is 7.59. The minimum Gasteiger partial charge on any atom is -0.444 e. The molecule has 6 nitrogen and oxygen atoms in total. The highest BCUT2D eigenvalue weighted by atomic mass is 32.1. The zero-order chi connectivity index (χ0) is 20.6. The van der Waals surface area contributed by atoms with Crippen LogP contribution < -0.4 is 0 Å². The van der Waals surface area contributed by atoms with Crippen molar-refractivity contribution < 1.29 is 14.3 Å². The Labute approximate surface area is 199 Å². The molecule has 31 heavy (non-hydrogen) atoms. The van der Waals surface area contributed by atoms with E-state index in [1.165, 1.54) is 5.56 Å². The van der Waals surface area contributed by atoms with Crippen molar-refractivity contribution in [1.29, 1.82) is 0 Å². The zero-order valence-electron chi connectivity index (χ0n) is 18.8. The van der Waals surface area contributed by atoms with Crippen molar-refractivity contribution in [3.05, 3.63) is 41.9 Å². The minimum atomic E-state index is -0.541. The highest BCUT2D eigenvalue weighted by Gasteiger charge is 2.50. The third-order valence-corrected chi connectivity index (χ3v) is 5.74. The van der Waals surface area contributed by atoms with Gasteiger partial charge in [0.15, 0.2) is 0 Å². The molecule has 1 N–H and O–H groups in total. The molecule has 172 valence electrons. The fourth-order valence-electron chi connectivity index (χ4n) is 4.29. The van der Waals surface area contributed by atoms with E-state index in [0.717, 1.165) is 49.4 Å². The largest absolute Gasteiger partial charge is 0.444 e. The van der Waals surface area contributed by atoms with Gasteiger partial charge in [0.25, 0.3) is 0 Å². The van der Waals surface area contributed by atoms with Crippen LogP contribution in [0.5, 0.6) is 0 Å². The lowest BCUT2D eigenvalue weighted by atomic mass is 9.91. The lowest BCUT2D eigenvalue weighted by Gasteiger charge is -2.33. The normalized spacial score (nSPS) is 23.2. The minimum absolute atomic E-state index is 0. The van der Waals surface area contributed by atoms with Gasteiger partial charge in [0.2, 0.25) is 0 Å². The Morgan fingerprint density at radius 3 is 2.55 bits per heavy atom. The number of aromatic amines is 1. The van der Waals surface area contributed by atoms with Crippen molar-refractivity contribution >= 4 is 33.1 Å². The van der Waals surface area contributed by atoms with Gasteiger partial charge < -0.3 is 14.5 Å². The predicted molar refractivity (Wildman–Crippen MR) is 132 cm³/mol. The van der Waals surface area contributed by atoms with Crippen LogP contribution in [-0.4, -0.2) is 45.3 Å². The molecule has 0 aliphatic carbocycles. The number of rotatable bonds is 2. The molecule has 2 aliphatic heterocycles. The average molecular weight is 466 g/mol. The highest BCUT2D eigenvalue weighted by Crippen LogP contribution is 2.44. The van der Waals surface area contributed by atoms with Crippen LogP contribution in [0.25, 0.3) is 11.3 Å². The van der Waals surface area contributed by atoms with Crippen molar-refractivity contribution in [2.75, 3.05) is 13.2 Å². The summed E-state index contributed by atoms with van der Waals surface area (Å²) < 4.78 is 11.9. The van der Waals surface area contributed by atoms with Gasteiger partial charge in [-0.1, -0.05) is 29.8 Å². The number of hydrogen-bond acceptors (Lipinski definition) is 4. The molecule has 2 saturated heterocycles. The second-order valence-corrected chi connectivity index (χ2v) is 9.36. The van der Waals surface area contributed by atoms with Crippen molar-refractivity contribution in [2.24, 2.45) is 0 Å². The quantitative estimate of drug-likeness (QED) is 0.659. The number of aromatic nitrogens is 2. The van der Waals surface area contributed by atoms with Gasteiger partial charge >= 0.3 is 6.09 Å². The number of H-pyrrole nitrogens is 1. The topological polar surface area (TPSA) is 67.4 Å². The van der Waals surface area contributed by atoms with Crippen LogP contribution in [0.2, 0.25) is 0 Å². The summed E-state index contributed by atoms with van der Waals surface area (Å²) in [5.74, 6) is 0.789. The summed E-state index contributed by atoms with van der Waals surface area (Å²) >= 11 is 0. The van der Waals surface area contributed by atoms with Gasteiger partial charge in [0.1, 0.15) is 11.4 Å².